The molecular weight excluding hydrogens is 240 g/mol. The number of rotatable bonds is 5. The highest BCUT2D eigenvalue weighted by Crippen LogP contribution is 2.05. The highest BCUT2D eigenvalue weighted by Gasteiger charge is 2.27. The van der Waals surface area contributed by atoms with Gasteiger partial charge < -0.3 is 10.1 Å². The van der Waals surface area contributed by atoms with Crippen LogP contribution in [-0.4, -0.2) is 36.3 Å². The number of carbonyl (C=O) groups is 4. The molecule has 1 heterocycles. The van der Waals surface area contributed by atoms with E-state index in [1.165, 1.54) is 0 Å². The number of imide groups is 1. The van der Waals surface area contributed by atoms with Crippen LogP contribution in [0.1, 0.15) is 32.6 Å². The fraction of sp³-hybridized carbons (Fsp3) is 0.636. The van der Waals surface area contributed by atoms with Crippen molar-refractivity contribution in [3.05, 3.63) is 0 Å². The van der Waals surface area contributed by atoms with Gasteiger partial charge in [0.25, 0.3) is 0 Å². The van der Waals surface area contributed by atoms with Crippen LogP contribution < -0.4 is 10.6 Å². The summed E-state index contributed by atoms with van der Waals surface area (Å²) >= 11 is 0. The van der Waals surface area contributed by atoms with Crippen LogP contribution in [0.4, 0.5) is 0 Å². The molecule has 1 aliphatic heterocycles. The van der Waals surface area contributed by atoms with Gasteiger partial charge in [0.2, 0.25) is 17.7 Å². The van der Waals surface area contributed by atoms with Crippen molar-refractivity contribution in [1.82, 2.24) is 10.6 Å². The molecule has 0 radical (unpaired) electrons. The van der Waals surface area contributed by atoms with E-state index in [0.717, 1.165) is 0 Å². The Balaban J connectivity index is 2.29. The van der Waals surface area contributed by atoms with Gasteiger partial charge in [0.15, 0.2) is 0 Å². The molecule has 1 rings (SSSR count). The lowest BCUT2D eigenvalue weighted by Crippen LogP contribution is -2.52. The van der Waals surface area contributed by atoms with E-state index in [4.69, 9.17) is 0 Å². The Labute approximate surface area is 104 Å². The maximum atomic E-state index is 11.5. The van der Waals surface area contributed by atoms with E-state index in [2.05, 4.69) is 15.4 Å². The SMILES string of the molecule is CCOC(=O)CCC(=O)NC1CCC(=O)NC1=O. The van der Waals surface area contributed by atoms with Gasteiger partial charge in [0.05, 0.1) is 13.0 Å². The Morgan fingerprint density at radius 2 is 2.11 bits per heavy atom. The maximum Gasteiger partial charge on any atom is 0.306 e. The Bertz CT molecular complexity index is 366. The predicted octanol–water partition coefficient (Wildman–Crippen LogP) is -0.749. The van der Waals surface area contributed by atoms with Crippen LogP contribution >= 0.6 is 0 Å². The number of nitrogens with one attached hydrogen (secondary N) is 2. The molecule has 1 fully saturated rings. The Hall–Kier alpha value is -1.92. The monoisotopic (exact) mass is 256 g/mol. The summed E-state index contributed by atoms with van der Waals surface area (Å²) in [7, 11) is 0. The predicted molar refractivity (Wildman–Crippen MR) is 60.2 cm³/mol. The highest BCUT2D eigenvalue weighted by molar-refractivity contribution is 6.01. The molecule has 7 heteroatoms. The van der Waals surface area contributed by atoms with Gasteiger partial charge in [0, 0.05) is 12.8 Å². The summed E-state index contributed by atoms with van der Waals surface area (Å²) in [6.07, 6.45) is 0.438. The molecule has 0 spiro atoms. The highest BCUT2D eigenvalue weighted by atomic mass is 16.5. The van der Waals surface area contributed by atoms with Gasteiger partial charge in [-0.05, 0) is 13.3 Å². The number of carbonyl (C=O) groups excluding carboxylic acids is 4. The fourth-order valence-corrected chi connectivity index (χ4v) is 1.55. The molecule has 100 valence electrons. The molecule has 0 aromatic rings. The van der Waals surface area contributed by atoms with E-state index < -0.39 is 23.8 Å². The van der Waals surface area contributed by atoms with E-state index >= 15 is 0 Å². The third kappa shape index (κ3) is 4.52. The summed E-state index contributed by atoms with van der Waals surface area (Å²) in [6.45, 7) is 1.95. The molecule has 0 saturated carbocycles. The van der Waals surface area contributed by atoms with Crippen LogP contribution in [0.2, 0.25) is 0 Å². The van der Waals surface area contributed by atoms with Crippen LogP contribution in [0.25, 0.3) is 0 Å². The molecule has 2 N–H and O–H groups in total. The quantitative estimate of drug-likeness (QED) is 0.498. The Morgan fingerprint density at radius 1 is 1.39 bits per heavy atom. The zero-order valence-corrected chi connectivity index (χ0v) is 10.2. The Kier molecular flexibility index (Phi) is 5.29. The first-order valence-electron chi connectivity index (χ1n) is 5.81. The summed E-state index contributed by atoms with van der Waals surface area (Å²) in [4.78, 5) is 44.7. The molecule has 1 atom stereocenters. The zero-order valence-electron chi connectivity index (χ0n) is 10.2. The minimum atomic E-state index is -0.697. The number of esters is 1. The van der Waals surface area contributed by atoms with Crippen LogP contribution in [0.15, 0.2) is 0 Å². The average molecular weight is 256 g/mol. The van der Waals surface area contributed by atoms with Gasteiger partial charge in [-0.2, -0.15) is 0 Å². The van der Waals surface area contributed by atoms with Crippen molar-refractivity contribution in [3.63, 3.8) is 0 Å². The average Bonchev–Trinajstić information content (AvgIpc) is 2.31. The molecule has 0 aromatic carbocycles. The van der Waals surface area contributed by atoms with Gasteiger partial charge in [-0.3, -0.25) is 24.5 Å². The topological polar surface area (TPSA) is 102 Å². The molecule has 1 unspecified atom stereocenters. The van der Waals surface area contributed by atoms with Crippen molar-refractivity contribution >= 4 is 23.7 Å². The normalized spacial score (nSPS) is 19.1. The second-order valence-corrected chi connectivity index (χ2v) is 3.88. The van der Waals surface area contributed by atoms with Crippen molar-refractivity contribution in [1.29, 1.82) is 0 Å². The third-order valence-corrected chi connectivity index (χ3v) is 2.44. The lowest BCUT2D eigenvalue weighted by Gasteiger charge is -2.21. The molecule has 7 nitrogen and oxygen atoms in total. The van der Waals surface area contributed by atoms with Crippen LogP contribution in [0.3, 0.4) is 0 Å². The number of hydrogen-bond acceptors (Lipinski definition) is 5. The number of ether oxygens (including phenoxy) is 1. The number of piperidine rings is 1. The standard InChI is InChI=1S/C11H16N2O5/c1-2-18-10(16)6-5-8(14)12-7-3-4-9(15)13-11(7)17/h7H,2-6H2,1H3,(H,12,14)(H,13,15,17). The van der Waals surface area contributed by atoms with E-state index in [0.29, 0.717) is 0 Å². The van der Waals surface area contributed by atoms with E-state index in [1.54, 1.807) is 6.92 Å². The van der Waals surface area contributed by atoms with E-state index in [-0.39, 0.29) is 38.2 Å². The molecule has 0 aliphatic carbocycles. The molecule has 1 saturated heterocycles. The molecule has 0 bridgehead atoms. The molecule has 18 heavy (non-hydrogen) atoms. The molecule has 3 amide bonds. The first-order valence-corrected chi connectivity index (χ1v) is 5.81. The van der Waals surface area contributed by atoms with Crippen LogP contribution in [0.5, 0.6) is 0 Å². The minimum absolute atomic E-state index is 0.0209. The number of amides is 3. The summed E-state index contributed by atoms with van der Waals surface area (Å²) in [5.74, 6) is -1.69. The second kappa shape index (κ2) is 6.73. The third-order valence-electron chi connectivity index (χ3n) is 2.44. The van der Waals surface area contributed by atoms with E-state index in [1.807, 2.05) is 0 Å². The van der Waals surface area contributed by atoms with Gasteiger partial charge in [-0.1, -0.05) is 0 Å². The Morgan fingerprint density at radius 3 is 2.72 bits per heavy atom. The van der Waals surface area contributed by atoms with Gasteiger partial charge in [0.1, 0.15) is 6.04 Å². The summed E-state index contributed by atoms with van der Waals surface area (Å²) in [5, 5.41) is 4.61. The van der Waals surface area contributed by atoms with Gasteiger partial charge >= 0.3 is 5.97 Å². The van der Waals surface area contributed by atoms with Crippen molar-refractivity contribution in [2.75, 3.05) is 6.61 Å². The van der Waals surface area contributed by atoms with E-state index in [9.17, 15) is 19.2 Å². The summed E-state index contributed by atoms with van der Waals surface area (Å²) in [6, 6.07) is -0.697. The number of hydrogen-bond donors (Lipinski definition) is 2. The fourth-order valence-electron chi connectivity index (χ4n) is 1.55. The van der Waals surface area contributed by atoms with Gasteiger partial charge in [-0.25, -0.2) is 0 Å². The lowest BCUT2D eigenvalue weighted by molar-refractivity contribution is -0.144. The lowest BCUT2D eigenvalue weighted by atomic mass is 10.1. The largest absolute Gasteiger partial charge is 0.466 e. The van der Waals surface area contributed by atoms with Crippen LogP contribution in [0, 0.1) is 0 Å². The van der Waals surface area contributed by atoms with Crippen LogP contribution in [-0.2, 0) is 23.9 Å². The van der Waals surface area contributed by atoms with Crippen molar-refractivity contribution in [2.45, 2.75) is 38.6 Å². The second-order valence-electron chi connectivity index (χ2n) is 3.88. The van der Waals surface area contributed by atoms with Gasteiger partial charge in [-0.15, -0.1) is 0 Å². The minimum Gasteiger partial charge on any atom is -0.466 e. The smallest absolute Gasteiger partial charge is 0.306 e. The molecule has 1 aliphatic rings. The molecule has 0 aromatic heterocycles. The van der Waals surface area contributed by atoms with Crippen molar-refractivity contribution < 1.29 is 23.9 Å². The molecular formula is C11H16N2O5. The maximum absolute atomic E-state index is 11.5. The van der Waals surface area contributed by atoms with Crippen molar-refractivity contribution in [3.8, 4) is 0 Å². The first-order chi connectivity index (χ1) is 8.52. The summed E-state index contributed by atoms with van der Waals surface area (Å²) < 4.78 is 4.67. The first kappa shape index (κ1) is 14.1. The van der Waals surface area contributed by atoms with Crippen molar-refractivity contribution in [2.24, 2.45) is 0 Å². The zero-order chi connectivity index (χ0) is 13.5. The summed E-state index contributed by atoms with van der Waals surface area (Å²) in [5.41, 5.74) is 0.